The second-order valence-corrected chi connectivity index (χ2v) is 3.76. The van der Waals surface area contributed by atoms with Crippen LogP contribution >= 0.6 is 11.6 Å². The van der Waals surface area contributed by atoms with Gasteiger partial charge in [-0.05, 0) is 31.5 Å². The Morgan fingerprint density at radius 3 is 2.94 bits per heavy atom. The molecule has 1 rings (SSSR count). The highest BCUT2D eigenvalue weighted by Gasteiger charge is 2.06. The van der Waals surface area contributed by atoms with Crippen LogP contribution in [0.2, 0.25) is 5.02 Å². The van der Waals surface area contributed by atoms with Gasteiger partial charge in [0.05, 0.1) is 10.7 Å². The molecule has 1 amide bonds. The normalized spacial score (nSPS) is 10.6. The van der Waals surface area contributed by atoms with E-state index in [0.29, 0.717) is 22.8 Å². The number of nitrogens with two attached hydrogens (primary N) is 1. The zero-order valence-corrected chi connectivity index (χ0v) is 9.92. The summed E-state index contributed by atoms with van der Waals surface area (Å²) in [4.78, 5) is 11.6. The zero-order chi connectivity index (χ0) is 12.0. The van der Waals surface area contributed by atoms with Crippen LogP contribution in [0.25, 0.3) is 0 Å². The van der Waals surface area contributed by atoms with Crippen LogP contribution in [-0.2, 0) is 0 Å². The molecule has 0 radical (unpaired) electrons. The predicted octanol–water partition coefficient (Wildman–Crippen LogP) is 2.62. The summed E-state index contributed by atoms with van der Waals surface area (Å²) in [5, 5.41) is 3.19. The van der Waals surface area contributed by atoms with Gasteiger partial charge < -0.3 is 11.1 Å². The molecule has 0 spiro atoms. The molecule has 3 nitrogen and oxygen atoms in total. The maximum Gasteiger partial charge on any atom is 0.251 e. The molecule has 4 heteroatoms. The largest absolute Gasteiger partial charge is 0.398 e. The Morgan fingerprint density at radius 1 is 1.56 bits per heavy atom. The van der Waals surface area contributed by atoms with Gasteiger partial charge in [0, 0.05) is 12.1 Å². The molecular formula is C12H15ClN2O. The molecule has 3 N–H and O–H groups in total. The lowest BCUT2D eigenvalue weighted by atomic mass is 10.2. The predicted molar refractivity (Wildman–Crippen MR) is 67.6 cm³/mol. The van der Waals surface area contributed by atoms with Crippen LogP contribution in [0.5, 0.6) is 0 Å². The van der Waals surface area contributed by atoms with Crippen LogP contribution in [0, 0.1) is 0 Å². The molecule has 16 heavy (non-hydrogen) atoms. The van der Waals surface area contributed by atoms with Crippen LogP contribution in [0.3, 0.4) is 0 Å². The number of nitrogens with one attached hydrogen (secondary N) is 1. The average molecular weight is 239 g/mol. The third-order valence-corrected chi connectivity index (χ3v) is 2.42. The number of anilines is 1. The Balaban J connectivity index is 2.56. The van der Waals surface area contributed by atoms with E-state index in [4.69, 9.17) is 17.3 Å². The average Bonchev–Trinajstić information content (AvgIpc) is 2.28. The highest BCUT2D eigenvalue weighted by atomic mass is 35.5. The highest BCUT2D eigenvalue weighted by Crippen LogP contribution is 2.19. The third kappa shape index (κ3) is 3.59. The summed E-state index contributed by atoms with van der Waals surface area (Å²) in [7, 11) is 0. The minimum atomic E-state index is -0.133. The number of hydrogen-bond acceptors (Lipinski definition) is 2. The topological polar surface area (TPSA) is 55.1 Å². The summed E-state index contributed by atoms with van der Waals surface area (Å²) in [5.41, 5.74) is 6.56. The van der Waals surface area contributed by atoms with Crippen LogP contribution in [-0.4, -0.2) is 12.5 Å². The Labute approximate surface area is 100 Å². The number of carbonyl (C=O) groups excluding carboxylic acids is 1. The monoisotopic (exact) mass is 238 g/mol. The summed E-state index contributed by atoms with van der Waals surface area (Å²) in [5.74, 6) is -0.133. The van der Waals surface area contributed by atoms with Crippen molar-refractivity contribution in [1.29, 1.82) is 0 Å². The Kier molecular flexibility index (Phi) is 4.86. The lowest BCUT2D eigenvalue weighted by Gasteiger charge is -2.05. The summed E-state index contributed by atoms with van der Waals surface area (Å²) < 4.78 is 0. The van der Waals surface area contributed by atoms with E-state index in [1.165, 1.54) is 0 Å². The molecule has 0 aliphatic carbocycles. The molecule has 0 aliphatic heterocycles. The van der Waals surface area contributed by atoms with E-state index < -0.39 is 0 Å². The number of allylic oxidation sites excluding steroid dienone is 1. The SMILES string of the molecule is C/C=C/CCNC(=O)c1ccc(N)c(Cl)c1. The van der Waals surface area contributed by atoms with E-state index in [0.717, 1.165) is 6.42 Å². The molecule has 0 bridgehead atoms. The second kappa shape index (κ2) is 6.18. The molecule has 0 saturated heterocycles. The molecule has 1 aromatic rings. The van der Waals surface area contributed by atoms with Crippen molar-refractivity contribution in [1.82, 2.24) is 5.32 Å². The molecule has 0 aromatic heterocycles. The standard InChI is InChI=1S/C12H15ClN2O/c1-2-3-4-7-15-12(16)9-5-6-11(14)10(13)8-9/h2-3,5-6,8H,4,7,14H2,1H3,(H,15,16)/b3-2+. The minimum absolute atomic E-state index is 0.133. The maximum atomic E-state index is 11.6. The number of carbonyl (C=O) groups is 1. The van der Waals surface area contributed by atoms with E-state index in [2.05, 4.69) is 5.32 Å². The number of nitrogen functional groups attached to an aromatic ring is 1. The van der Waals surface area contributed by atoms with Crippen LogP contribution in [0.1, 0.15) is 23.7 Å². The molecule has 1 aromatic carbocycles. The van der Waals surface area contributed by atoms with Crippen molar-refractivity contribution in [2.24, 2.45) is 0 Å². The van der Waals surface area contributed by atoms with Gasteiger partial charge in [0.25, 0.3) is 5.91 Å². The van der Waals surface area contributed by atoms with Gasteiger partial charge >= 0.3 is 0 Å². The number of rotatable bonds is 4. The summed E-state index contributed by atoms with van der Waals surface area (Å²) in [6.45, 7) is 2.56. The number of benzene rings is 1. The number of halogens is 1. The smallest absolute Gasteiger partial charge is 0.251 e. The molecule has 0 aliphatic rings. The van der Waals surface area contributed by atoms with Crippen molar-refractivity contribution < 1.29 is 4.79 Å². The first-order valence-electron chi connectivity index (χ1n) is 5.09. The molecule has 86 valence electrons. The minimum Gasteiger partial charge on any atom is -0.398 e. The maximum absolute atomic E-state index is 11.6. The van der Waals surface area contributed by atoms with Gasteiger partial charge in [-0.25, -0.2) is 0 Å². The molecule has 0 saturated carbocycles. The number of hydrogen-bond donors (Lipinski definition) is 2. The second-order valence-electron chi connectivity index (χ2n) is 3.35. The van der Waals surface area contributed by atoms with E-state index in [1.807, 2.05) is 19.1 Å². The van der Waals surface area contributed by atoms with Gasteiger partial charge in [-0.1, -0.05) is 23.8 Å². The zero-order valence-electron chi connectivity index (χ0n) is 9.16. The van der Waals surface area contributed by atoms with Crippen LogP contribution in [0.15, 0.2) is 30.4 Å². The first-order chi connectivity index (χ1) is 7.65. The van der Waals surface area contributed by atoms with Crippen LogP contribution in [0.4, 0.5) is 5.69 Å². The quantitative estimate of drug-likeness (QED) is 0.481. The van der Waals surface area contributed by atoms with E-state index in [-0.39, 0.29) is 5.91 Å². The Bertz CT molecular complexity index is 402. The molecule has 0 atom stereocenters. The Hall–Kier alpha value is -1.48. The van der Waals surface area contributed by atoms with Gasteiger partial charge in [-0.3, -0.25) is 4.79 Å². The fraction of sp³-hybridized carbons (Fsp3) is 0.250. The van der Waals surface area contributed by atoms with Crippen molar-refractivity contribution in [2.75, 3.05) is 12.3 Å². The van der Waals surface area contributed by atoms with Gasteiger partial charge in [0.2, 0.25) is 0 Å². The van der Waals surface area contributed by atoms with Gasteiger partial charge in [0.15, 0.2) is 0 Å². The van der Waals surface area contributed by atoms with E-state index in [9.17, 15) is 4.79 Å². The van der Waals surface area contributed by atoms with E-state index >= 15 is 0 Å². The van der Waals surface area contributed by atoms with E-state index in [1.54, 1.807) is 18.2 Å². The van der Waals surface area contributed by atoms with Crippen molar-refractivity contribution in [3.63, 3.8) is 0 Å². The lowest BCUT2D eigenvalue weighted by molar-refractivity contribution is 0.0954. The first kappa shape index (κ1) is 12.6. The van der Waals surface area contributed by atoms with Gasteiger partial charge in [-0.15, -0.1) is 0 Å². The van der Waals surface area contributed by atoms with Crippen LogP contribution < -0.4 is 11.1 Å². The highest BCUT2D eigenvalue weighted by molar-refractivity contribution is 6.33. The summed E-state index contributed by atoms with van der Waals surface area (Å²) in [6.07, 6.45) is 4.77. The third-order valence-electron chi connectivity index (χ3n) is 2.09. The first-order valence-corrected chi connectivity index (χ1v) is 5.47. The lowest BCUT2D eigenvalue weighted by Crippen LogP contribution is -2.24. The van der Waals surface area contributed by atoms with Gasteiger partial charge in [-0.2, -0.15) is 0 Å². The summed E-state index contributed by atoms with van der Waals surface area (Å²) in [6, 6.07) is 4.86. The Morgan fingerprint density at radius 2 is 2.31 bits per heavy atom. The summed E-state index contributed by atoms with van der Waals surface area (Å²) >= 11 is 5.83. The van der Waals surface area contributed by atoms with Crippen molar-refractivity contribution in [2.45, 2.75) is 13.3 Å². The molecule has 0 heterocycles. The fourth-order valence-corrected chi connectivity index (χ4v) is 1.39. The van der Waals surface area contributed by atoms with Crippen molar-refractivity contribution in [3.05, 3.63) is 40.9 Å². The molecular weight excluding hydrogens is 224 g/mol. The number of amides is 1. The van der Waals surface area contributed by atoms with Crippen molar-refractivity contribution >= 4 is 23.2 Å². The van der Waals surface area contributed by atoms with Gasteiger partial charge in [0.1, 0.15) is 0 Å². The van der Waals surface area contributed by atoms with Crippen molar-refractivity contribution in [3.8, 4) is 0 Å². The molecule has 0 unspecified atom stereocenters. The molecule has 0 fully saturated rings. The fourth-order valence-electron chi connectivity index (χ4n) is 1.21.